The molecule has 160 valence electrons. The Morgan fingerprint density at radius 1 is 0.969 bits per heavy atom. The molecular formula is C24H20N4O4. The molecule has 0 bridgehead atoms. The SMILES string of the molecule is O=C(NCc1cccnc1OCc1ccccc1)c1cccc(-n2[nH]c(=O)ccc2=O)c1. The quantitative estimate of drug-likeness (QED) is 0.470. The van der Waals surface area contributed by atoms with Crippen molar-refractivity contribution in [1.82, 2.24) is 20.1 Å². The lowest BCUT2D eigenvalue weighted by Crippen LogP contribution is -2.27. The molecule has 0 unspecified atom stereocenters. The van der Waals surface area contributed by atoms with Gasteiger partial charge in [-0.3, -0.25) is 19.5 Å². The molecule has 0 aliphatic heterocycles. The minimum absolute atomic E-state index is 0.211. The van der Waals surface area contributed by atoms with E-state index in [4.69, 9.17) is 4.74 Å². The number of rotatable bonds is 7. The zero-order valence-corrected chi connectivity index (χ0v) is 17.0. The van der Waals surface area contributed by atoms with Gasteiger partial charge in [0.15, 0.2) is 0 Å². The Hall–Kier alpha value is -4.46. The van der Waals surface area contributed by atoms with E-state index in [1.54, 1.807) is 30.5 Å². The highest BCUT2D eigenvalue weighted by Crippen LogP contribution is 2.16. The van der Waals surface area contributed by atoms with Gasteiger partial charge in [-0.1, -0.05) is 42.5 Å². The Labute approximate surface area is 183 Å². The van der Waals surface area contributed by atoms with Crippen LogP contribution in [0, 0.1) is 0 Å². The second-order valence-corrected chi connectivity index (χ2v) is 6.96. The molecule has 0 saturated carbocycles. The van der Waals surface area contributed by atoms with E-state index in [-0.39, 0.29) is 12.5 Å². The second-order valence-electron chi connectivity index (χ2n) is 6.96. The van der Waals surface area contributed by atoms with Gasteiger partial charge in [-0.05, 0) is 29.8 Å². The molecule has 8 nitrogen and oxygen atoms in total. The molecule has 2 N–H and O–H groups in total. The van der Waals surface area contributed by atoms with Crippen LogP contribution in [0.15, 0.2) is 94.6 Å². The van der Waals surface area contributed by atoms with Gasteiger partial charge in [0.1, 0.15) is 6.61 Å². The third-order valence-electron chi connectivity index (χ3n) is 4.69. The van der Waals surface area contributed by atoms with Gasteiger partial charge in [-0.15, -0.1) is 0 Å². The molecular weight excluding hydrogens is 408 g/mol. The molecule has 1 amide bonds. The van der Waals surface area contributed by atoms with E-state index in [9.17, 15) is 14.4 Å². The molecule has 32 heavy (non-hydrogen) atoms. The largest absolute Gasteiger partial charge is 0.473 e. The van der Waals surface area contributed by atoms with Crippen molar-refractivity contribution >= 4 is 5.91 Å². The lowest BCUT2D eigenvalue weighted by Gasteiger charge is -2.12. The van der Waals surface area contributed by atoms with Crippen molar-refractivity contribution < 1.29 is 9.53 Å². The highest BCUT2D eigenvalue weighted by atomic mass is 16.5. The molecule has 0 saturated heterocycles. The molecule has 2 aromatic heterocycles. The summed E-state index contributed by atoms with van der Waals surface area (Å²) in [5.41, 5.74) is 1.65. The van der Waals surface area contributed by atoms with Crippen LogP contribution in [0.2, 0.25) is 0 Å². The summed E-state index contributed by atoms with van der Waals surface area (Å²) >= 11 is 0. The number of hydrogen-bond donors (Lipinski definition) is 2. The Kier molecular flexibility index (Phi) is 6.22. The average molecular weight is 428 g/mol. The summed E-state index contributed by atoms with van der Waals surface area (Å²) in [4.78, 5) is 40.6. The maximum Gasteiger partial charge on any atom is 0.269 e. The maximum atomic E-state index is 12.7. The third kappa shape index (κ3) is 4.99. The summed E-state index contributed by atoms with van der Waals surface area (Å²) in [7, 11) is 0. The fourth-order valence-electron chi connectivity index (χ4n) is 3.09. The Bertz CT molecular complexity index is 1350. The van der Waals surface area contributed by atoms with E-state index >= 15 is 0 Å². The molecule has 0 atom stereocenters. The van der Waals surface area contributed by atoms with Gasteiger partial charge in [0.05, 0.1) is 5.69 Å². The molecule has 0 aliphatic rings. The molecule has 0 fully saturated rings. The summed E-state index contributed by atoms with van der Waals surface area (Å²) in [6.45, 7) is 0.577. The van der Waals surface area contributed by atoms with Crippen LogP contribution in [-0.2, 0) is 13.2 Å². The third-order valence-corrected chi connectivity index (χ3v) is 4.69. The highest BCUT2D eigenvalue weighted by molar-refractivity contribution is 5.94. The number of hydrogen-bond acceptors (Lipinski definition) is 5. The molecule has 0 spiro atoms. The van der Waals surface area contributed by atoms with Crippen molar-refractivity contribution in [2.24, 2.45) is 0 Å². The predicted molar refractivity (Wildman–Crippen MR) is 119 cm³/mol. The van der Waals surface area contributed by atoms with Crippen molar-refractivity contribution in [3.63, 3.8) is 0 Å². The number of pyridine rings is 1. The summed E-state index contributed by atoms with van der Waals surface area (Å²) in [6.07, 6.45) is 1.63. The average Bonchev–Trinajstić information content (AvgIpc) is 2.84. The summed E-state index contributed by atoms with van der Waals surface area (Å²) in [6, 6.07) is 22.1. The van der Waals surface area contributed by atoms with Crippen molar-refractivity contribution in [1.29, 1.82) is 0 Å². The minimum atomic E-state index is -0.418. The van der Waals surface area contributed by atoms with Crippen LogP contribution in [-0.4, -0.2) is 20.7 Å². The van der Waals surface area contributed by atoms with Gasteiger partial charge < -0.3 is 10.1 Å². The zero-order chi connectivity index (χ0) is 22.3. The van der Waals surface area contributed by atoms with Crippen LogP contribution in [0.3, 0.4) is 0 Å². The first kappa shape index (κ1) is 20.8. The number of nitrogens with zero attached hydrogens (tertiary/aromatic N) is 2. The smallest absolute Gasteiger partial charge is 0.269 e. The van der Waals surface area contributed by atoms with Gasteiger partial charge in [0, 0.05) is 36.0 Å². The van der Waals surface area contributed by atoms with Gasteiger partial charge in [-0.2, -0.15) is 0 Å². The number of benzene rings is 2. The van der Waals surface area contributed by atoms with Crippen molar-refractivity contribution in [3.8, 4) is 11.6 Å². The molecule has 4 rings (SSSR count). The van der Waals surface area contributed by atoms with Crippen LogP contribution in [0.5, 0.6) is 5.88 Å². The number of amides is 1. The van der Waals surface area contributed by atoms with E-state index in [1.165, 1.54) is 12.1 Å². The first-order chi connectivity index (χ1) is 15.6. The number of ether oxygens (including phenoxy) is 1. The molecule has 4 aromatic rings. The van der Waals surface area contributed by atoms with E-state index in [0.29, 0.717) is 23.7 Å². The maximum absolute atomic E-state index is 12.7. The van der Waals surface area contributed by atoms with E-state index in [1.807, 2.05) is 36.4 Å². The zero-order valence-electron chi connectivity index (χ0n) is 17.0. The molecule has 2 heterocycles. The van der Waals surface area contributed by atoms with Crippen molar-refractivity contribution in [2.45, 2.75) is 13.2 Å². The fourth-order valence-corrected chi connectivity index (χ4v) is 3.09. The standard InChI is InChI=1S/C24H20N4O4/c29-21-11-12-22(30)28(27-21)20-10-4-8-18(14-20)23(31)26-15-19-9-5-13-25-24(19)32-16-17-6-2-1-3-7-17/h1-14H,15-16H2,(H,26,31)(H,27,29). The second kappa shape index (κ2) is 9.57. The fraction of sp³-hybridized carbons (Fsp3) is 0.0833. The monoisotopic (exact) mass is 428 g/mol. The number of nitrogens with one attached hydrogen (secondary N) is 2. The molecule has 0 radical (unpaired) electrons. The number of aromatic amines is 1. The number of carbonyl (C=O) groups is 1. The lowest BCUT2D eigenvalue weighted by molar-refractivity contribution is 0.0950. The van der Waals surface area contributed by atoms with Crippen LogP contribution in [0.25, 0.3) is 5.69 Å². The van der Waals surface area contributed by atoms with Gasteiger partial charge >= 0.3 is 0 Å². The summed E-state index contributed by atoms with van der Waals surface area (Å²) in [5, 5.41) is 5.28. The minimum Gasteiger partial charge on any atom is -0.473 e. The molecule has 0 aliphatic carbocycles. The number of H-pyrrole nitrogens is 1. The summed E-state index contributed by atoms with van der Waals surface area (Å²) in [5.74, 6) is 0.106. The van der Waals surface area contributed by atoms with Crippen LogP contribution in [0.1, 0.15) is 21.5 Å². The predicted octanol–water partition coefficient (Wildman–Crippen LogP) is 2.43. The highest BCUT2D eigenvalue weighted by Gasteiger charge is 2.11. The Balaban J connectivity index is 1.46. The first-order valence-corrected chi connectivity index (χ1v) is 9.92. The van der Waals surface area contributed by atoms with Crippen molar-refractivity contribution in [3.05, 3.63) is 122 Å². The van der Waals surface area contributed by atoms with E-state index in [0.717, 1.165) is 21.9 Å². The summed E-state index contributed by atoms with van der Waals surface area (Å²) < 4.78 is 6.92. The van der Waals surface area contributed by atoms with Crippen LogP contribution >= 0.6 is 0 Å². The van der Waals surface area contributed by atoms with E-state index in [2.05, 4.69) is 15.4 Å². The van der Waals surface area contributed by atoms with Gasteiger partial charge in [0.25, 0.3) is 17.0 Å². The van der Waals surface area contributed by atoms with Crippen molar-refractivity contribution in [2.75, 3.05) is 0 Å². The number of aromatic nitrogens is 3. The normalized spacial score (nSPS) is 10.5. The van der Waals surface area contributed by atoms with Gasteiger partial charge in [0.2, 0.25) is 5.88 Å². The lowest BCUT2D eigenvalue weighted by atomic mass is 10.1. The van der Waals surface area contributed by atoms with E-state index < -0.39 is 11.1 Å². The van der Waals surface area contributed by atoms with Crippen LogP contribution in [0.4, 0.5) is 0 Å². The first-order valence-electron chi connectivity index (χ1n) is 9.92. The van der Waals surface area contributed by atoms with Crippen LogP contribution < -0.4 is 21.2 Å². The number of carbonyl (C=O) groups excluding carboxylic acids is 1. The molecule has 8 heteroatoms. The van der Waals surface area contributed by atoms with Gasteiger partial charge in [-0.25, -0.2) is 9.67 Å². The topological polar surface area (TPSA) is 106 Å². The Morgan fingerprint density at radius 3 is 2.66 bits per heavy atom. The molecule has 2 aromatic carbocycles. The Morgan fingerprint density at radius 2 is 1.81 bits per heavy atom.